The lowest BCUT2D eigenvalue weighted by Crippen LogP contribution is -2.30. The van der Waals surface area contributed by atoms with Gasteiger partial charge < -0.3 is 10.1 Å². The minimum absolute atomic E-state index is 0.212. The van der Waals surface area contributed by atoms with Gasteiger partial charge in [-0.1, -0.05) is 29.3 Å². The normalized spacial score (nSPS) is 10.2. The van der Waals surface area contributed by atoms with E-state index < -0.39 is 11.9 Å². The highest BCUT2D eigenvalue weighted by Crippen LogP contribution is 2.27. The van der Waals surface area contributed by atoms with Crippen molar-refractivity contribution in [3.05, 3.63) is 40.0 Å². The molecule has 0 saturated carbocycles. The molecule has 0 atom stereocenters. The van der Waals surface area contributed by atoms with Crippen LogP contribution in [0.5, 0.6) is 0 Å². The maximum absolute atomic E-state index is 11.8. The van der Waals surface area contributed by atoms with Crippen molar-refractivity contribution in [2.75, 3.05) is 13.7 Å². The number of hydrogen-bond acceptors (Lipinski definition) is 4. The second kappa shape index (κ2) is 6.60. The Morgan fingerprint density at radius 1 is 1.29 bits per heavy atom. The van der Waals surface area contributed by atoms with Crippen LogP contribution in [-0.4, -0.2) is 35.7 Å². The van der Waals surface area contributed by atoms with Crippen LogP contribution in [0, 0.1) is 0 Å². The fourth-order valence-electron chi connectivity index (χ4n) is 1.56. The van der Waals surface area contributed by atoms with E-state index in [1.165, 1.54) is 7.11 Å². The number of nitrogens with one attached hydrogen (secondary N) is 2. The van der Waals surface area contributed by atoms with Crippen molar-refractivity contribution in [3.63, 3.8) is 0 Å². The largest absolute Gasteiger partial charge is 0.468 e. The van der Waals surface area contributed by atoms with Crippen LogP contribution in [0.3, 0.4) is 0 Å². The van der Waals surface area contributed by atoms with Crippen molar-refractivity contribution < 1.29 is 14.3 Å². The summed E-state index contributed by atoms with van der Waals surface area (Å²) >= 11 is 11.8. The van der Waals surface area contributed by atoms with Crippen LogP contribution in [0.15, 0.2) is 24.3 Å². The van der Waals surface area contributed by atoms with Crippen molar-refractivity contribution in [1.29, 1.82) is 0 Å². The van der Waals surface area contributed by atoms with Gasteiger partial charge in [0.2, 0.25) is 0 Å². The monoisotopic (exact) mass is 327 g/mol. The Hall–Kier alpha value is -2.05. The van der Waals surface area contributed by atoms with E-state index >= 15 is 0 Å². The zero-order chi connectivity index (χ0) is 15.4. The molecule has 0 unspecified atom stereocenters. The lowest BCUT2D eigenvalue weighted by atomic mass is 10.1. The maximum Gasteiger partial charge on any atom is 0.325 e. The van der Waals surface area contributed by atoms with Crippen LogP contribution in [0.2, 0.25) is 10.0 Å². The zero-order valence-electron chi connectivity index (χ0n) is 10.9. The molecular weight excluding hydrogens is 317 g/mol. The predicted molar refractivity (Wildman–Crippen MR) is 78.4 cm³/mol. The van der Waals surface area contributed by atoms with Crippen LogP contribution in [0.25, 0.3) is 11.3 Å². The zero-order valence-corrected chi connectivity index (χ0v) is 12.5. The highest BCUT2D eigenvalue weighted by Gasteiger charge is 2.13. The molecule has 1 aromatic carbocycles. The van der Waals surface area contributed by atoms with Crippen molar-refractivity contribution in [2.24, 2.45) is 0 Å². The van der Waals surface area contributed by atoms with Gasteiger partial charge in [0, 0.05) is 5.56 Å². The molecule has 21 heavy (non-hydrogen) atoms. The summed E-state index contributed by atoms with van der Waals surface area (Å²) in [5, 5.41) is 9.85. The van der Waals surface area contributed by atoms with Crippen LogP contribution in [0.1, 0.15) is 10.5 Å². The smallest absolute Gasteiger partial charge is 0.325 e. The van der Waals surface area contributed by atoms with Gasteiger partial charge in [-0.15, -0.1) is 0 Å². The molecule has 2 N–H and O–H groups in total. The van der Waals surface area contributed by atoms with Crippen LogP contribution < -0.4 is 5.32 Å². The van der Waals surface area contributed by atoms with Gasteiger partial charge in [0.05, 0.1) is 22.8 Å². The number of halogens is 2. The number of aromatic nitrogens is 2. The summed E-state index contributed by atoms with van der Waals surface area (Å²) in [6.45, 7) is -0.212. The van der Waals surface area contributed by atoms with Gasteiger partial charge in [-0.3, -0.25) is 14.7 Å². The van der Waals surface area contributed by atoms with Gasteiger partial charge in [0.15, 0.2) is 0 Å². The Bertz CT molecular complexity index is 685. The average molecular weight is 328 g/mol. The molecule has 1 heterocycles. The Morgan fingerprint density at radius 2 is 2.05 bits per heavy atom. The van der Waals surface area contributed by atoms with E-state index in [9.17, 15) is 9.59 Å². The number of amides is 1. The number of hydrogen-bond donors (Lipinski definition) is 2. The molecular formula is C13H11Cl2N3O3. The van der Waals surface area contributed by atoms with E-state index in [4.69, 9.17) is 23.2 Å². The number of nitrogens with zero attached hydrogens (tertiary/aromatic N) is 1. The van der Waals surface area contributed by atoms with Crippen molar-refractivity contribution in [3.8, 4) is 11.3 Å². The minimum Gasteiger partial charge on any atom is -0.468 e. The fraction of sp³-hybridized carbons (Fsp3) is 0.154. The fourth-order valence-corrected chi connectivity index (χ4v) is 1.86. The lowest BCUT2D eigenvalue weighted by molar-refractivity contribution is -0.139. The number of H-pyrrole nitrogens is 1. The Balaban J connectivity index is 2.12. The van der Waals surface area contributed by atoms with Gasteiger partial charge >= 0.3 is 5.97 Å². The molecule has 0 bridgehead atoms. The van der Waals surface area contributed by atoms with Crippen molar-refractivity contribution in [1.82, 2.24) is 15.5 Å². The second-order valence-electron chi connectivity index (χ2n) is 4.05. The molecule has 2 aromatic rings. The Kier molecular flexibility index (Phi) is 4.82. The standard InChI is InChI=1S/C13H11Cl2N3O3/c1-21-12(19)6-16-13(20)11-5-10(17-18-11)7-2-3-8(14)9(15)4-7/h2-5H,6H2,1H3,(H,16,20)(H,17,18). The molecule has 0 spiro atoms. The first-order valence-electron chi connectivity index (χ1n) is 5.87. The molecule has 8 heteroatoms. The Labute approximate surface area is 130 Å². The number of ether oxygens (including phenoxy) is 1. The highest BCUT2D eigenvalue weighted by molar-refractivity contribution is 6.42. The Morgan fingerprint density at radius 3 is 2.71 bits per heavy atom. The van der Waals surface area contributed by atoms with E-state index in [-0.39, 0.29) is 12.2 Å². The number of carbonyl (C=O) groups is 2. The SMILES string of the molecule is COC(=O)CNC(=O)c1cc(-c2ccc(Cl)c(Cl)c2)n[nH]1. The molecule has 0 aliphatic heterocycles. The summed E-state index contributed by atoms with van der Waals surface area (Å²) in [5.41, 5.74) is 1.48. The third kappa shape index (κ3) is 3.74. The number of carbonyl (C=O) groups excluding carboxylic acids is 2. The van der Waals surface area contributed by atoms with Gasteiger partial charge in [-0.05, 0) is 18.2 Å². The molecule has 6 nitrogen and oxygen atoms in total. The molecule has 0 radical (unpaired) electrons. The molecule has 0 aliphatic carbocycles. The number of aromatic amines is 1. The molecule has 0 saturated heterocycles. The molecule has 1 amide bonds. The summed E-state index contributed by atoms with van der Waals surface area (Å²) in [6.07, 6.45) is 0. The number of rotatable bonds is 4. The summed E-state index contributed by atoms with van der Waals surface area (Å²) in [4.78, 5) is 22.7. The summed E-state index contributed by atoms with van der Waals surface area (Å²) in [6, 6.07) is 6.58. The molecule has 110 valence electrons. The van der Waals surface area contributed by atoms with E-state index in [0.717, 1.165) is 0 Å². The first kappa shape index (κ1) is 15.3. The molecule has 0 aliphatic rings. The summed E-state index contributed by atoms with van der Waals surface area (Å²) in [5.74, 6) is -0.994. The van der Waals surface area contributed by atoms with Crippen molar-refractivity contribution in [2.45, 2.75) is 0 Å². The van der Waals surface area contributed by atoms with E-state index in [0.29, 0.717) is 21.3 Å². The number of methoxy groups -OCH3 is 1. The quantitative estimate of drug-likeness (QED) is 0.844. The number of benzene rings is 1. The lowest BCUT2D eigenvalue weighted by Gasteiger charge is -2.01. The summed E-state index contributed by atoms with van der Waals surface area (Å²) < 4.78 is 4.43. The van der Waals surface area contributed by atoms with E-state index in [2.05, 4.69) is 20.3 Å². The maximum atomic E-state index is 11.8. The average Bonchev–Trinajstić information content (AvgIpc) is 2.97. The van der Waals surface area contributed by atoms with Gasteiger partial charge in [-0.25, -0.2) is 0 Å². The van der Waals surface area contributed by atoms with Crippen LogP contribution >= 0.6 is 23.2 Å². The third-order valence-electron chi connectivity index (χ3n) is 2.66. The minimum atomic E-state index is -0.535. The van der Waals surface area contributed by atoms with E-state index in [1.807, 2.05) is 0 Å². The highest BCUT2D eigenvalue weighted by atomic mass is 35.5. The molecule has 2 rings (SSSR count). The topological polar surface area (TPSA) is 84.1 Å². The van der Waals surface area contributed by atoms with Crippen molar-refractivity contribution >= 4 is 35.1 Å². The number of esters is 1. The first-order chi connectivity index (χ1) is 10.0. The summed E-state index contributed by atoms with van der Waals surface area (Å²) in [7, 11) is 1.24. The van der Waals surface area contributed by atoms with Gasteiger partial charge in [-0.2, -0.15) is 5.10 Å². The van der Waals surface area contributed by atoms with E-state index in [1.54, 1.807) is 24.3 Å². The predicted octanol–water partition coefficient (Wildman–Crippen LogP) is 2.29. The third-order valence-corrected chi connectivity index (χ3v) is 3.40. The van der Waals surface area contributed by atoms with Crippen LogP contribution in [0.4, 0.5) is 0 Å². The molecule has 1 aromatic heterocycles. The van der Waals surface area contributed by atoms with Crippen LogP contribution in [-0.2, 0) is 9.53 Å². The molecule has 0 fully saturated rings. The first-order valence-corrected chi connectivity index (χ1v) is 6.62. The second-order valence-corrected chi connectivity index (χ2v) is 4.87. The van der Waals surface area contributed by atoms with Gasteiger partial charge in [0.25, 0.3) is 5.91 Å². The van der Waals surface area contributed by atoms with Gasteiger partial charge in [0.1, 0.15) is 12.2 Å².